The number of anilines is 1. The van der Waals surface area contributed by atoms with Gasteiger partial charge in [0, 0.05) is 11.8 Å². The lowest BCUT2D eigenvalue weighted by Gasteiger charge is -2.10. The quantitative estimate of drug-likeness (QED) is 0.809. The number of nitrogens with one attached hydrogen (secondary N) is 2. The standard InChI is InChI=1S/C14H14N2O3/c1-2-19-13-6-4-3-5-11(13)16-14(18)12-7-10(9-17)8-15-12/h3-9,15H,2H2,1H3,(H,16,18). The van der Waals surface area contributed by atoms with Gasteiger partial charge in [0.1, 0.15) is 11.4 Å². The minimum atomic E-state index is -0.319. The van der Waals surface area contributed by atoms with Crippen LogP contribution in [0, 0.1) is 0 Å². The minimum absolute atomic E-state index is 0.319. The Kier molecular flexibility index (Phi) is 3.97. The van der Waals surface area contributed by atoms with Gasteiger partial charge in [-0.1, -0.05) is 12.1 Å². The maximum Gasteiger partial charge on any atom is 0.272 e. The molecule has 98 valence electrons. The summed E-state index contributed by atoms with van der Waals surface area (Å²) in [5.41, 5.74) is 1.35. The van der Waals surface area contributed by atoms with E-state index in [4.69, 9.17) is 4.74 Å². The van der Waals surface area contributed by atoms with Crippen LogP contribution in [0.2, 0.25) is 0 Å². The molecule has 19 heavy (non-hydrogen) atoms. The molecule has 0 saturated carbocycles. The van der Waals surface area contributed by atoms with Crippen molar-refractivity contribution in [1.29, 1.82) is 0 Å². The summed E-state index contributed by atoms with van der Waals surface area (Å²) < 4.78 is 5.42. The molecular weight excluding hydrogens is 244 g/mol. The molecule has 0 aliphatic carbocycles. The smallest absolute Gasteiger partial charge is 0.272 e. The van der Waals surface area contributed by atoms with Gasteiger partial charge in [-0.3, -0.25) is 9.59 Å². The van der Waals surface area contributed by atoms with Crippen LogP contribution < -0.4 is 10.1 Å². The molecule has 0 aliphatic heterocycles. The molecule has 0 unspecified atom stereocenters. The average Bonchev–Trinajstić information content (AvgIpc) is 2.90. The zero-order valence-corrected chi connectivity index (χ0v) is 10.5. The van der Waals surface area contributed by atoms with E-state index in [9.17, 15) is 9.59 Å². The number of para-hydroxylation sites is 2. The number of hydrogen-bond acceptors (Lipinski definition) is 3. The van der Waals surface area contributed by atoms with Crippen molar-refractivity contribution in [3.63, 3.8) is 0 Å². The van der Waals surface area contributed by atoms with Crippen LogP contribution in [0.3, 0.4) is 0 Å². The van der Waals surface area contributed by atoms with E-state index in [0.717, 1.165) is 0 Å². The van der Waals surface area contributed by atoms with Gasteiger partial charge >= 0.3 is 0 Å². The van der Waals surface area contributed by atoms with E-state index >= 15 is 0 Å². The molecular formula is C14H14N2O3. The van der Waals surface area contributed by atoms with E-state index in [1.54, 1.807) is 12.1 Å². The molecule has 0 radical (unpaired) electrons. The number of hydrogen-bond donors (Lipinski definition) is 2. The summed E-state index contributed by atoms with van der Waals surface area (Å²) in [6, 6.07) is 8.67. The highest BCUT2D eigenvalue weighted by molar-refractivity contribution is 6.04. The molecule has 5 nitrogen and oxygen atoms in total. The number of carbonyl (C=O) groups is 2. The molecule has 1 aromatic heterocycles. The molecule has 0 spiro atoms. The summed E-state index contributed by atoms with van der Waals surface area (Å²) >= 11 is 0. The SMILES string of the molecule is CCOc1ccccc1NC(=O)c1cc(C=O)c[nH]1. The zero-order valence-electron chi connectivity index (χ0n) is 10.5. The van der Waals surface area contributed by atoms with Crippen molar-refractivity contribution in [2.45, 2.75) is 6.92 Å². The summed E-state index contributed by atoms with van der Waals surface area (Å²) in [7, 11) is 0. The van der Waals surface area contributed by atoms with Gasteiger partial charge < -0.3 is 15.0 Å². The van der Waals surface area contributed by atoms with Crippen LogP contribution >= 0.6 is 0 Å². The topological polar surface area (TPSA) is 71.2 Å². The molecule has 0 atom stereocenters. The molecule has 0 bridgehead atoms. The van der Waals surface area contributed by atoms with Crippen molar-refractivity contribution in [2.75, 3.05) is 11.9 Å². The molecule has 1 amide bonds. The summed E-state index contributed by atoms with van der Waals surface area (Å²) in [5.74, 6) is 0.292. The monoisotopic (exact) mass is 258 g/mol. The van der Waals surface area contributed by atoms with Crippen molar-refractivity contribution in [3.05, 3.63) is 47.8 Å². The number of H-pyrrole nitrogens is 1. The molecule has 0 fully saturated rings. The summed E-state index contributed by atoms with van der Waals surface area (Å²) in [4.78, 5) is 25.3. The van der Waals surface area contributed by atoms with Crippen molar-refractivity contribution in [3.8, 4) is 5.75 Å². The number of aromatic nitrogens is 1. The van der Waals surface area contributed by atoms with Crippen molar-refractivity contribution in [2.24, 2.45) is 0 Å². The van der Waals surface area contributed by atoms with Crippen LogP contribution in [-0.4, -0.2) is 23.8 Å². The Morgan fingerprint density at radius 1 is 1.42 bits per heavy atom. The van der Waals surface area contributed by atoms with Gasteiger partial charge in [0.2, 0.25) is 0 Å². The van der Waals surface area contributed by atoms with E-state index in [1.807, 2.05) is 19.1 Å². The van der Waals surface area contributed by atoms with Crippen LogP contribution in [-0.2, 0) is 0 Å². The van der Waals surface area contributed by atoms with Gasteiger partial charge in [0.05, 0.1) is 12.3 Å². The number of benzene rings is 1. The normalized spacial score (nSPS) is 9.95. The van der Waals surface area contributed by atoms with Crippen LogP contribution in [0.5, 0.6) is 5.75 Å². The third-order valence-corrected chi connectivity index (χ3v) is 2.52. The zero-order chi connectivity index (χ0) is 13.7. The first-order valence-electron chi connectivity index (χ1n) is 5.91. The van der Waals surface area contributed by atoms with Crippen molar-refractivity contribution < 1.29 is 14.3 Å². The largest absolute Gasteiger partial charge is 0.492 e. The lowest BCUT2D eigenvalue weighted by atomic mass is 10.2. The van der Waals surface area contributed by atoms with Gasteiger partial charge in [-0.15, -0.1) is 0 Å². The first-order chi connectivity index (χ1) is 9.24. The van der Waals surface area contributed by atoms with Gasteiger partial charge in [-0.2, -0.15) is 0 Å². The Labute approximate surface area is 110 Å². The minimum Gasteiger partial charge on any atom is -0.492 e. The number of aldehydes is 1. The Morgan fingerprint density at radius 2 is 2.21 bits per heavy atom. The molecule has 1 heterocycles. The van der Waals surface area contributed by atoms with Gasteiger partial charge in [-0.05, 0) is 25.1 Å². The molecule has 2 aromatic rings. The predicted octanol–water partition coefficient (Wildman–Crippen LogP) is 2.48. The van der Waals surface area contributed by atoms with Crippen LogP contribution in [0.4, 0.5) is 5.69 Å². The average molecular weight is 258 g/mol. The summed E-state index contributed by atoms with van der Waals surface area (Å²) in [6.45, 7) is 2.39. The van der Waals surface area contributed by atoms with E-state index in [0.29, 0.717) is 35.6 Å². The first-order valence-corrected chi connectivity index (χ1v) is 5.91. The number of carbonyl (C=O) groups excluding carboxylic acids is 2. The van der Waals surface area contributed by atoms with E-state index in [-0.39, 0.29) is 5.91 Å². The summed E-state index contributed by atoms with van der Waals surface area (Å²) in [5, 5.41) is 2.74. The first kappa shape index (κ1) is 12.9. The number of amides is 1. The van der Waals surface area contributed by atoms with Crippen molar-refractivity contribution >= 4 is 17.9 Å². The molecule has 0 saturated heterocycles. The number of aromatic amines is 1. The van der Waals surface area contributed by atoms with E-state index in [2.05, 4.69) is 10.3 Å². The second-order valence-electron chi connectivity index (χ2n) is 3.85. The number of ether oxygens (including phenoxy) is 1. The van der Waals surface area contributed by atoms with E-state index in [1.165, 1.54) is 12.3 Å². The van der Waals surface area contributed by atoms with E-state index < -0.39 is 0 Å². The maximum absolute atomic E-state index is 12.0. The van der Waals surface area contributed by atoms with Crippen LogP contribution in [0.1, 0.15) is 27.8 Å². The Hall–Kier alpha value is -2.56. The number of rotatable bonds is 5. The highest BCUT2D eigenvalue weighted by Crippen LogP contribution is 2.24. The van der Waals surface area contributed by atoms with Gasteiger partial charge in [-0.25, -0.2) is 0 Å². The lowest BCUT2D eigenvalue weighted by molar-refractivity contribution is 0.102. The fraction of sp³-hybridized carbons (Fsp3) is 0.143. The highest BCUT2D eigenvalue weighted by atomic mass is 16.5. The van der Waals surface area contributed by atoms with Gasteiger partial charge in [0.25, 0.3) is 5.91 Å². The Bertz CT molecular complexity index is 590. The molecule has 2 rings (SSSR count). The lowest BCUT2D eigenvalue weighted by Crippen LogP contribution is -2.13. The maximum atomic E-state index is 12.0. The predicted molar refractivity (Wildman–Crippen MR) is 71.7 cm³/mol. The third-order valence-electron chi connectivity index (χ3n) is 2.52. The second kappa shape index (κ2) is 5.86. The fourth-order valence-corrected chi connectivity index (χ4v) is 1.65. The molecule has 1 aromatic carbocycles. The van der Waals surface area contributed by atoms with Crippen LogP contribution in [0.25, 0.3) is 0 Å². The Morgan fingerprint density at radius 3 is 2.89 bits per heavy atom. The Balaban J connectivity index is 2.16. The van der Waals surface area contributed by atoms with Gasteiger partial charge in [0.15, 0.2) is 6.29 Å². The van der Waals surface area contributed by atoms with Crippen LogP contribution in [0.15, 0.2) is 36.5 Å². The third kappa shape index (κ3) is 3.01. The molecule has 0 aliphatic rings. The molecule has 2 N–H and O–H groups in total. The van der Waals surface area contributed by atoms with Crippen molar-refractivity contribution in [1.82, 2.24) is 4.98 Å². The summed E-state index contributed by atoms with van der Waals surface area (Å²) in [6.07, 6.45) is 2.16. The molecule has 5 heteroatoms. The fourth-order valence-electron chi connectivity index (χ4n) is 1.65. The highest BCUT2D eigenvalue weighted by Gasteiger charge is 2.11. The second-order valence-corrected chi connectivity index (χ2v) is 3.85.